The summed E-state index contributed by atoms with van der Waals surface area (Å²) in [5.74, 6) is 1.42. The van der Waals surface area contributed by atoms with Gasteiger partial charge in [-0.1, -0.05) is 0 Å². The highest BCUT2D eigenvalue weighted by Crippen LogP contribution is 2.24. The number of ether oxygens (including phenoxy) is 4. The fourth-order valence-electron chi connectivity index (χ4n) is 1.55. The van der Waals surface area contributed by atoms with E-state index in [0.717, 1.165) is 12.2 Å². The van der Waals surface area contributed by atoms with Crippen LogP contribution in [0.3, 0.4) is 0 Å². The van der Waals surface area contributed by atoms with Gasteiger partial charge in [-0.3, -0.25) is 0 Å². The van der Waals surface area contributed by atoms with E-state index in [1.165, 1.54) is 0 Å². The van der Waals surface area contributed by atoms with E-state index in [-0.39, 0.29) is 0 Å². The molecule has 0 atom stereocenters. The van der Waals surface area contributed by atoms with Crippen molar-refractivity contribution >= 4 is 5.69 Å². The van der Waals surface area contributed by atoms with E-state index in [1.807, 2.05) is 13.0 Å². The monoisotopic (exact) mass is 269 g/mol. The summed E-state index contributed by atoms with van der Waals surface area (Å²) >= 11 is 0. The maximum absolute atomic E-state index is 5.77. The highest BCUT2D eigenvalue weighted by atomic mass is 16.5. The Morgan fingerprint density at radius 3 is 2.37 bits per heavy atom. The first kappa shape index (κ1) is 15.6. The van der Waals surface area contributed by atoms with Crippen molar-refractivity contribution in [3.63, 3.8) is 0 Å². The van der Waals surface area contributed by atoms with Crippen LogP contribution in [0, 0.1) is 0 Å². The van der Waals surface area contributed by atoms with Crippen molar-refractivity contribution in [1.82, 2.24) is 0 Å². The molecular weight excluding hydrogens is 246 g/mol. The first-order chi connectivity index (χ1) is 9.26. The van der Waals surface area contributed by atoms with Gasteiger partial charge < -0.3 is 24.7 Å². The molecule has 0 bridgehead atoms. The summed E-state index contributed by atoms with van der Waals surface area (Å²) in [5.41, 5.74) is 6.40. The molecule has 1 rings (SSSR count). The minimum Gasteiger partial charge on any atom is -0.494 e. The molecule has 108 valence electrons. The molecule has 0 heterocycles. The van der Waals surface area contributed by atoms with Crippen LogP contribution >= 0.6 is 0 Å². The molecule has 0 fully saturated rings. The zero-order valence-corrected chi connectivity index (χ0v) is 11.7. The number of hydrogen-bond acceptors (Lipinski definition) is 5. The maximum Gasteiger partial charge on any atom is 0.125 e. The van der Waals surface area contributed by atoms with Crippen molar-refractivity contribution in [3.05, 3.63) is 18.2 Å². The van der Waals surface area contributed by atoms with E-state index < -0.39 is 0 Å². The summed E-state index contributed by atoms with van der Waals surface area (Å²) in [6.45, 7) is 4.96. The smallest absolute Gasteiger partial charge is 0.125 e. The Hall–Kier alpha value is -1.46. The molecule has 0 aliphatic heterocycles. The minimum absolute atomic E-state index is 0.488. The molecule has 5 heteroatoms. The molecule has 0 saturated heterocycles. The van der Waals surface area contributed by atoms with Gasteiger partial charge >= 0.3 is 0 Å². The Morgan fingerprint density at radius 2 is 1.68 bits per heavy atom. The number of rotatable bonds is 10. The van der Waals surface area contributed by atoms with Crippen molar-refractivity contribution in [2.45, 2.75) is 13.3 Å². The Bertz CT molecular complexity index is 357. The fraction of sp³-hybridized carbons (Fsp3) is 0.571. The Labute approximate surface area is 114 Å². The number of nitrogens with two attached hydrogens (primary N) is 1. The highest BCUT2D eigenvalue weighted by molar-refractivity contribution is 5.50. The molecule has 5 nitrogen and oxygen atoms in total. The number of anilines is 1. The fourth-order valence-corrected chi connectivity index (χ4v) is 1.55. The zero-order chi connectivity index (χ0) is 13.9. The van der Waals surface area contributed by atoms with Crippen molar-refractivity contribution in [3.8, 4) is 11.5 Å². The van der Waals surface area contributed by atoms with Crippen LogP contribution in [-0.2, 0) is 9.47 Å². The molecule has 1 aromatic carbocycles. The summed E-state index contributed by atoms with van der Waals surface area (Å²) in [6, 6.07) is 5.37. The Morgan fingerprint density at radius 1 is 0.947 bits per heavy atom. The van der Waals surface area contributed by atoms with Crippen LogP contribution in [0.1, 0.15) is 13.3 Å². The van der Waals surface area contributed by atoms with Gasteiger partial charge in [0.2, 0.25) is 0 Å². The zero-order valence-electron chi connectivity index (χ0n) is 11.7. The molecule has 2 N–H and O–H groups in total. The molecule has 0 amide bonds. The Balaban J connectivity index is 2.25. The summed E-state index contributed by atoms with van der Waals surface area (Å²) in [4.78, 5) is 0. The van der Waals surface area contributed by atoms with Gasteiger partial charge in [-0.15, -0.1) is 0 Å². The molecule has 1 aromatic rings. The number of methoxy groups -OCH3 is 1. The first-order valence-corrected chi connectivity index (χ1v) is 6.49. The standard InChI is InChI=1S/C14H23NO4/c1-3-18-13-9-12(15)10-14(11-13)19-8-7-17-6-4-5-16-2/h9-11H,3-8,15H2,1-2H3. The van der Waals surface area contributed by atoms with Gasteiger partial charge in [-0.05, 0) is 13.3 Å². The van der Waals surface area contributed by atoms with Gasteiger partial charge in [0.05, 0.1) is 13.2 Å². The largest absolute Gasteiger partial charge is 0.494 e. The average Bonchev–Trinajstić information content (AvgIpc) is 2.37. The van der Waals surface area contributed by atoms with Crippen LogP contribution in [0.25, 0.3) is 0 Å². The normalized spacial score (nSPS) is 10.4. The number of nitrogen functional groups attached to an aromatic ring is 1. The quantitative estimate of drug-likeness (QED) is 0.520. The van der Waals surface area contributed by atoms with Gasteiger partial charge in [0.15, 0.2) is 0 Å². The van der Waals surface area contributed by atoms with Crippen molar-refractivity contribution < 1.29 is 18.9 Å². The van der Waals surface area contributed by atoms with Crippen LogP contribution in [0.15, 0.2) is 18.2 Å². The van der Waals surface area contributed by atoms with Gasteiger partial charge in [-0.25, -0.2) is 0 Å². The molecule has 0 aliphatic carbocycles. The second-order valence-electron chi connectivity index (χ2n) is 3.98. The lowest BCUT2D eigenvalue weighted by Crippen LogP contribution is -2.08. The second-order valence-corrected chi connectivity index (χ2v) is 3.98. The van der Waals surface area contributed by atoms with Gasteiger partial charge in [0.25, 0.3) is 0 Å². The number of hydrogen-bond donors (Lipinski definition) is 1. The molecule has 0 spiro atoms. The van der Waals surface area contributed by atoms with Gasteiger partial charge in [0, 0.05) is 44.2 Å². The lowest BCUT2D eigenvalue weighted by molar-refractivity contribution is 0.0806. The molecule has 0 aliphatic rings. The topological polar surface area (TPSA) is 62.9 Å². The van der Waals surface area contributed by atoms with Crippen LogP contribution in [-0.4, -0.2) is 40.1 Å². The molecule has 0 aromatic heterocycles. The first-order valence-electron chi connectivity index (χ1n) is 6.49. The molecule has 0 unspecified atom stereocenters. The minimum atomic E-state index is 0.488. The predicted molar refractivity (Wildman–Crippen MR) is 74.8 cm³/mol. The van der Waals surface area contributed by atoms with Crippen molar-refractivity contribution in [2.24, 2.45) is 0 Å². The van der Waals surface area contributed by atoms with Crippen LogP contribution in [0.4, 0.5) is 5.69 Å². The maximum atomic E-state index is 5.77. The summed E-state index contributed by atoms with van der Waals surface area (Å²) < 4.78 is 21.3. The van der Waals surface area contributed by atoms with E-state index in [4.69, 9.17) is 24.7 Å². The lowest BCUT2D eigenvalue weighted by atomic mass is 10.3. The third-order valence-electron chi connectivity index (χ3n) is 2.35. The van der Waals surface area contributed by atoms with Gasteiger partial charge in [0.1, 0.15) is 18.1 Å². The van der Waals surface area contributed by atoms with Crippen LogP contribution in [0.2, 0.25) is 0 Å². The Kier molecular flexibility index (Phi) is 7.77. The van der Waals surface area contributed by atoms with Crippen molar-refractivity contribution in [2.75, 3.05) is 45.9 Å². The predicted octanol–water partition coefficient (Wildman–Crippen LogP) is 2.10. The van der Waals surface area contributed by atoms with Crippen molar-refractivity contribution in [1.29, 1.82) is 0 Å². The molecular formula is C14H23NO4. The third-order valence-corrected chi connectivity index (χ3v) is 2.35. The molecule has 0 radical (unpaired) electrons. The van der Waals surface area contributed by atoms with E-state index in [1.54, 1.807) is 19.2 Å². The number of benzene rings is 1. The SMILES string of the molecule is CCOc1cc(N)cc(OCCOCCCOC)c1. The highest BCUT2D eigenvalue weighted by Gasteiger charge is 2.01. The summed E-state index contributed by atoms with van der Waals surface area (Å²) in [7, 11) is 1.68. The molecule has 0 saturated carbocycles. The van der Waals surface area contributed by atoms with E-state index >= 15 is 0 Å². The molecule has 19 heavy (non-hydrogen) atoms. The third kappa shape index (κ3) is 6.88. The summed E-state index contributed by atoms with van der Waals surface area (Å²) in [6.07, 6.45) is 0.892. The van der Waals surface area contributed by atoms with E-state index in [9.17, 15) is 0 Å². The van der Waals surface area contributed by atoms with E-state index in [0.29, 0.717) is 44.5 Å². The van der Waals surface area contributed by atoms with Gasteiger partial charge in [-0.2, -0.15) is 0 Å². The average molecular weight is 269 g/mol. The summed E-state index contributed by atoms with van der Waals surface area (Å²) in [5, 5.41) is 0. The lowest BCUT2D eigenvalue weighted by Gasteiger charge is -2.10. The van der Waals surface area contributed by atoms with Crippen LogP contribution in [0.5, 0.6) is 11.5 Å². The van der Waals surface area contributed by atoms with Crippen LogP contribution < -0.4 is 15.2 Å². The van der Waals surface area contributed by atoms with E-state index in [2.05, 4.69) is 0 Å². The second kappa shape index (κ2) is 9.47.